The molecule has 0 aromatic rings. The van der Waals surface area contributed by atoms with Crippen LogP contribution in [0.2, 0.25) is 0 Å². The maximum Gasteiger partial charge on any atom is 0.236 e. The molecule has 0 aromatic carbocycles. The molecule has 1 rings (SSSR count). The molecular formula is C10H20N2O3. The molecule has 0 unspecified atom stereocenters. The van der Waals surface area contributed by atoms with E-state index in [0.29, 0.717) is 39.4 Å². The van der Waals surface area contributed by atoms with Gasteiger partial charge in [0.25, 0.3) is 0 Å². The van der Waals surface area contributed by atoms with Gasteiger partial charge in [-0.2, -0.15) is 0 Å². The van der Waals surface area contributed by atoms with Crippen LogP contribution in [0.25, 0.3) is 0 Å². The largest absolute Gasteiger partial charge is 0.395 e. The lowest BCUT2D eigenvalue weighted by atomic mass is 10.3. The average Bonchev–Trinajstić information content (AvgIpc) is 2.29. The summed E-state index contributed by atoms with van der Waals surface area (Å²) in [4.78, 5) is 15.6. The Balaban J connectivity index is 2.31. The Morgan fingerprint density at radius 1 is 1.47 bits per heavy atom. The topological polar surface area (TPSA) is 53.0 Å². The van der Waals surface area contributed by atoms with E-state index >= 15 is 0 Å². The first-order valence-corrected chi connectivity index (χ1v) is 5.46. The number of ether oxygens (including phenoxy) is 1. The fourth-order valence-electron chi connectivity index (χ4n) is 1.59. The summed E-state index contributed by atoms with van der Waals surface area (Å²) in [6.45, 7) is 6.49. The van der Waals surface area contributed by atoms with E-state index in [0.717, 1.165) is 6.54 Å². The minimum absolute atomic E-state index is 0.101. The van der Waals surface area contributed by atoms with Crippen molar-refractivity contribution in [2.75, 3.05) is 52.5 Å². The van der Waals surface area contributed by atoms with Crippen LogP contribution in [0.15, 0.2) is 0 Å². The van der Waals surface area contributed by atoms with Crippen LogP contribution in [-0.4, -0.2) is 73.4 Å². The SMILES string of the molecule is CCN(CCO)CC(=O)N1CCOCC1. The van der Waals surface area contributed by atoms with Gasteiger partial charge in [-0.3, -0.25) is 9.69 Å². The van der Waals surface area contributed by atoms with E-state index in [2.05, 4.69) is 0 Å². The van der Waals surface area contributed by atoms with Gasteiger partial charge in [-0.15, -0.1) is 0 Å². The van der Waals surface area contributed by atoms with Gasteiger partial charge in [0, 0.05) is 19.6 Å². The van der Waals surface area contributed by atoms with Crippen LogP contribution in [0.4, 0.5) is 0 Å². The summed E-state index contributed by atoms with van der Waals surface area (Å²) in [6, 6.07) is 0. The fraction of sp³-hybridized carbons (Fsp3) is 0.900. The maximum atomic E-state index is 11.8. The zero-order valence-corrected chi connectivity index (χ0v) is 9.31. The number of morpholine rings is 1. The number of likely N-dealkylation sites (N-methyl/N-ethyl adjacent to an activating group) is 1. The maximum absolute atomic E-state index is 11.8. The number of aliphatic hydroxyl groups excluding tert-OH is 1. The van der Waals surface area contributed by atoms with E-state index in [1.807, 2.05) is 16.7 Å². The Hall–Kier alpha value is -0.650. The van der Waals surface area contributed by atoms with Crippen LogP contribution in [0.5, 0.6) is 0 Å². The lowest BCUT2D eigenvalue weighted by Gasteiger charge is -2.29. The summed E-state index contributed by atoms with van der Waals surface area (Å²) in [5, 5.41) is 8.80. The minimum Gasteiger partial charge on any atom is -0.395 e. The van der Waals surface area contributed by atoms with Gasteiger partial charge in [0.05, 0.1) is 26.4 Å². The van der Waals surface area contributed by atoms with Gasteiger partial charge in [-0.1, -0.05) is 6.92 Å². The number of carbonyl (C=O) groups excluding carboxylic acids is 1. The third kappa shape index (κ3) is 4.15. The predicted molar refractivity (Wildman–Crippen MR) is 56.6 cm³/mol. The quantitative estimate of drug-likeness (QED) is 0.651. The van der Waals surface area contributed by atoms with E-state index in [1.54, 1.807) is 0 Å². The highest BCUT2D eigenvalue weighted by atomic mass is 16.5. The van der Waals surface area contributed by atoms with Crippen molar-refractivity contribution in [1.29, 1.82) is 0 Å². The van der Waals surface area contributed by atoms with Gasteiger partial charge in [0.2, 0.25) is 5.91 Å². The lowest BCUT2D eigenvalue weighted by Crippen LogP contribution is -2.46. The van der Waals surface area contributed by atoms with E-state index < -0.39 is 0 Å². The highest BCUT2D eigenvalue weighted by Crippen LogP contribution is 1.99. The monoisotopic (exact) mass is 216 g/mol. The third-order valence-corrected chi connectivity index (χ3v) is 2.59. The number of hydrogen-bond donors (Lipinski definition) is 1. The van der Waals surface area contributed by atoms with Crippen molar-refractivity contribution >= 4 is 5.91 Å². The molecule has 1 heterocycles. The number of aliphatic hydroxyl groups is 1. The minimum atomic E-state index is 0.101. The fourth-order valence-corrected chi connectivity index (χ4v) is 1.59. The summed E-state index contributed by atoms with van der Waals surface area (Å²) in [6.07, 6.45) is 0. The zero-order chi connectivity index (χ0) is 11.1. The molecule has 5 nitrogen and oxygen atoms in total. The number of hydrogen-bond acceptors (Lipinski definition) is 4. The molecule has 5 heteroatoms. The van der Waals surface area contributed by atoms with Crippen molar-refractivity contribution in [3.05, 3.63) is 0 Å². The number of nitrogens with zero attached hydrogens (tertiary/aromatic N) is 2. The lowest BCUT2D eigenvalue weighted by molar-refractivity contribution is -0.136. The summed E-state index contributed by atoms with van der Waals surface area (Å²) in [5.41, 5.74) is 0. The van der Waals surface area contributed by atoms with Crippen LogP contribution in [0, 0.1) is 0 Å². The van der Waals surface area contributed by atoms with Crippen molar-refractivity contribution in [2.24, 2.45) is 0 Å². The van der Waals surface area contributed by atoms with Crippen LogP contribution in [0.1, 0.15) is 6.92 Å². The highest BCUT2D eigenvalue weighted by Gasteiger charge is 2.18. The Bertz CT molecular complexity index is 193. The Morgan fingerprint density at radius 3 is 2.67 bits per heavy atom. The summed E-state index contributed by atoms with van der Waals surface area (Å²) >= 11 is 0. The molecule has 1 aliphatic heterocycles. The van der Waals surface area contributed by atoms with E-state index in [9.17, 15) is 4.79 Å². The highest BCUT2D eigenvalue weighted by molar-refractivity contribution is 5.78. The van der Waals surface area contributed by atoms with Gasteiger partial charge >= 0.3 is 0 Å². The van der Waals surface area contributed by atoms with Crippen LogP contribution < -0.4 is 0 Å². The molecule has 0 atom stereocenters. The number of carbonyl (C=O) groups is 1. The molecule has 0 saturated carbocycles. The second kappa shape index (κ2) is 6.76. The smallest absolute Gasteiger partial charge is 0.236 e. The third-order valence-electron chi connectivity index (χ3n) is 2.59. The number of rotatable bonds is 5. The molecular weight excluding hydrogens is 196 g/mol. The van der Waals surface area contributed by atoms with Crippen molar-refractivity contribution in [3.8, 4) is 0 Å². The van der Waals surface area contributed by atoms with Gasteiger partial charge in [-0.05, 0) is 6.54 Å². The van der Waals surface area contributed by atoms with Gasteiger partial charge < -0.3 is 14.7 Å². The summed E-state index contributed by atoms with van der Waals surface area (Å²) < 4.78 is 5.18. The molecule has 1 saturated heterocycles. The summed E-state index contributed by atoms with van der Waals surface area (Å²) in [5.74, 6) is 0.133. The Kier molecular flexibility index (Phi) is 5.60. The first-order chi connectivity index (χ1) is 7.27. The first-order valence-electron chi connectivity index (χ1n) is 5.46. The standard InChI is InChI=1S/C10H20N2O3/c1-2-11(3-6-13)9-10(14)12-4-7-15-8-5-12/h13H,2-9H2,1H3. The molecule has 1 fully saturated rings. The van der Waals surface area contributed by atoms with Crippen molar-refractivity contribution in [1.82, 2.24) is 9.80 Å². The van der Waals surface area contributed by atoms with Crippen molar-refractivity contribution < 1.29 is 14.6 Å². The van der Waals surface area contributed by atoms with Crippen molar-refractivity contribution in [3.63, 3.8) is 0 Å². The van der Waals surface area contributed by atoms with E-state index in [1.165, 1.54) is 0 Å². The molecule has 0 aliphatic carbocycles. The molecule has 0 aromatic heterocycles. The molecule has 1 N–H and O–H groups in total. The normalized spacial score (nSPS) is 17.1. The Morgan fingerprint density at radius 2 is 2.13 bits per heavy atom. The molecule has 1 aliphatic rings. The van der Waals surface area contributed by atoms with Crippen LogP contribution >= 0.6 is 0 Å². The summed E-state index contributed by atoms with van der Waals surface area (Å²) in [7, 11) is 0. The van der Waals surface area contributed by atoms with E-state index in [-0.39, 0.29) is 12.5 Å². The van der Waals surface area contributed by atoms with Crippen LogP contribution in [0.3, 0.4) is 0 Å². The van der Waals surface area contributed by atoms with Crippen LogP contribution in [-0.2, 0) is 9.53 Å². The molecule has 15 heavy (non-hydrogen) atoms. The first kappa shape index (κ1) is 12.4. The second-order valence-corrected chi connectivity index (χ2v) is 3.59. The van der Waals surface area contributed by atoms with E-state index in [4.69, 9.17) is 9.84 Å². The second-order valence-electron chi connectivity index (χ2n) is 3.59. The molecule has 0 spiro atoms. The van der Waals surface area contributed by atoms with Gasteiger partial charge in [0.15, 0.2) is 0 Å². The van der Waals surface area contributed by atoms with Gasteiger partial charge in [-0.25, -0.2) is 0 Å². The zero-order valence-electron chi connectivity index (χ0n) is 9.31. The molecule has 88 valence electrons. The van der Waals surface area contributed by atoms with Crippen molar-refractivity contribution in [2.45, 2.75) is 6.92 Å². The number of amides is 1. The predicted octanol–water partition coefficient (Wildman–Crippen LogP) is -0.841. The van der Waals surface area contributed by atoms with Gasteiger partial charge in [0.1, 0.15) is 0 Å². The average molecular weight is 216 g/mol. The molecule has 1 amide bonds. The molecule has 0 radical (unpaired) electrons. The Labute approximate surface area is 90.6 Å². The molecule has 0 bridgehead atoms.